The maximum Gasteiger partial charge on any atom is 0.272 e. The molecule has 1 amide bonds. The highest BCUT2D eigenvalue weighted by molar-refractivity contribution is 7.81. The van der Waals surface area contributed by atoms with E-state index in [2.05, 4.69) is 14.7 Å². The molecule has 1 aromatic carbocycles. The Morgan fingerprint density at radius 2 is 2.03 bits per heavy atom. The van der Waals surface area contributed by atoms with E-state index in [9.17, 15) is 4.79 Å². The third kappa shape index (κ3) is 4.32. The molecule has 0 N–H and O–H groups in total. The van der Waals surface area contributed by atoms with Crippen molar-refractivity contribution < 1.29 is 18.7 Å². The molecule has 0 atom stereocenters. The van der Waals surface area contributed by atoms with E-state index in [4.69, 9.17) is 28.3 Å². The lowest BCUT2D eigenvalue weighted by Crippen LogP contribution is -2.55. The topological polar surface area (TPSA) is 62.5 Å². The van der Waals surface area contributed by atoms with Gasteiger partial charge in [0, 0.05) is 31.4 Å². The summed E-state index contributed by atoms with van der Waals surface area (Å²) in [6.07, 6.45) is 4.45. The summed E-state index contributed by atoms with van der Waals surface area (Å²) in [5.74, 6) is -0.152. The molecule has 8 nitrogen and oxygen atoms in total. The van der Waals surface area contributed by atoms with Gasteiger partial charge >= 0.3 is 0 Å². The quantitative estimate of drug-likeness (QED) is 0.314. The number of ether oxygens (including phenoxy) is 2. The maximum absolute atomic E-state index is 15.1. The first-order valence-corrected chi connectivity index (χ1v) is 12.6. The second-order valence-corrected chi connectivity index (χ2v) is 9.73. The molecular weight excluding hydrogens is 481 g/mol. The van der Waals surface area contributed by atoms with Gasteiger partial charge in [0.05, 0.1) is 25.5 Å². The van der Waals surface area contributed by atoms with E-state index in [-0.39, 0.29) is 22.6 Å². The molecule has 1 aromatic heterocycles. The van der Waals surface area contributed by atoms with Gasteiger partial charge in [-0.05, 0) is 68.6 Å². The van der Waals surface area contributed by atoms with Crippen molar-refractivity contribution in [2.45, 2.75) is 38.1 Å². The SMILES string of the molecule is [C-]#[N+]c1ncc(N2C(=O)C3(CCC3)N(c3ccc(OCCCN4CCOCC4)c(F)c3)C2=S)cc1C. The van der Waals surface area contributed by atoms with Gasteiger partial charge in [-0.15, -0.1) is 4.98 Å². The Hall–Kier alpha value is -3.13. The number of morpholine rings is 1. The summed E-state index contributed by atoms with van der Waals surface area (Å²) in [5, 5.41) is 0.287. The number of nitrogens with zero attached hydrogens (tertiary/aromatic N) is 5. The van der Waals surface area contributed by atoms with Gasteiger partial charge in [0.2, 0.25) is 0 Å². The summed E-state index contributed by atoms with van der Waals surface area (Å²) in [7, 11) is 0. The number of hydrogen-bond acceptors (Lipinski definition) is 6. The third-order valence-corrected chi connectivity index (χ3v) is 7.51. The van der Waals surface area contributed by atoms with Crippen molar-refractivity contribution in [3.05, 3.63) is 53.3 Å². The number of anilines is 2. The van der Waals surface area contributed by atoms with Gasteiger partial charge in [-0.1, -0.05) is 6.57 Å². The fourth-order valence-corrected chi connectivity index (χ4v) is 5.51. The van der Waals surface area contributed by atoms with Crippen molar-refractivity contribution in [1.82, 2.24) is 9.88 Å². The van der Waals surface area contributed by atoms with E-state index in [0.29, 0.717) is 36.4 Å². The molecule has 2 aromatic rings. The van der Waals surface area contributed by atoms with Crippen LogP contribution < -0.4 is 14.5 Å². The van der Waals surface area contributed by atoms with Crippen LogP contribution in [0.5, 0.6) is 5.75 Å². The standard InChI is InChI=1S/C26H28FN5O3S/c1-18-15-20(17-29-23(18)28-2)31-24(33)26(7-3-8-26)32(25(31)36)19-5-6-22(21(27)16-19)35-12-4-9-30-10-13-34-14-11-30/h5-6,15-17H,3-4,7-14H2,1H3. The lowest BCUT2D eigenvalue weighted by molar-refractivity contribution is -0.123. The van der Waals surface area contributed by atoms with Crippen LogP contribution in [0.3, 0.4) is 0 Å². The van der Waals surface area contributed by atoms with Crippen LogP contribution in [-0.2, 0) is 9.53 Å². The van der Waals surface area contributed by atoms with E-state index in [1.165, 1.54) is 17.2 Å². The number of pyridine rings is 1. The van der Waals surface area contributed by atoms with E-state index < -0.39 is 11.4 Å². The molecule has 0 unspecified atom stereocenters. The van der Waals surface area contributed by atoms with Gasteiger partial charge in [-0.25, -0.2) is 4.39 Å². The summed E-state index contributed by atoms with van der Waals surface area (Å²) in [5.41, 5.74) is 0.886. The predicted molar refractivity (Wildman–Crippen MR) is 138 cm³/mol. The zero-order valence-corrected chi connectivity index (χ0v) is 21.0. The Morgan fingerprint density at radius 1 is 1.25 bits per heavy atom. The van der Waals surface area contributed by atoms with E-state index >= 15 is 4.39 Å². The number of amides is 1. The normalized spacial score (nSPS) is 19.5. The Bertz CT molecular complexity index is 1220. The highest BCUT2D eigenvalue weighted by Gasteiger charge is 2.59. The van der Waals surface area contributed by atoms with Crippen molar-refractivity contribution in [3.63, 3.8) is 0 Å². The van der Waals surface area contributed by atoms with Crippen LogP contribution in [0.15, 0.2) is 30.5 Å². The van der Waals surface area contributed by atoms with Gasteiger partial charge < -0.3 is 19.2 Å². The predicted octanol–water partition coefficient (Wildman–Crippen LogP) is 4.24. The van der Waals surface area contributed by atoms with Gasteiger partial charge in [-0.3, -0.25) is 14.6 Å². The molecule has 2 saturated heterocycles. The fourth-order valence-electron chi connectivity index (χ4n) is 5.04. The first-order valence-electron chi connectivity index (χ1n) is 12.2. The zero-order valence-electron chi connectivity index (χ0n) is 20.2. The maximum atomic E-state index is 15.1. The monoisotopic (exact) mass is 509 g/mol. The number of benzene rings is 1. The number of aromatic nitrogens is 1. The highest BCUT2D eigenvalue weighted by atomic mass is 32.1. The first kappa shape index (κ1) is 24.6. The average molecular weight is 510 g/mol. The molecule has 1 saturated carbocycles. The minimum absolute atomic E-state index is 0.139. The van der Waals surface area contributed by atoms with Crippen LogP contribution in [0.2, 0.25) is 0 Å². The first-order chi connectivity index (χ1) is 17.4. The van der Waals surface area contributed by atoms with Crippen molar-refractivity contribution >= 4 is 40.4 Å². The van der Waals surface area contributed by atoms with E-state index in [0.717, 1.165) is 45.7 Å². The van der Waals surface area contributed by atoms with Crippen molar-refractivity contribution in [1.29, 1.82) is 0 Å². The Labute approximate surface area is 215 Å². The minimum atomic E-state index is -0.823. The number of thiocarbonyl (C=S) groups is 1. The second-order valence-electron chi connectivity index (χ2n) is 9.36. The van der Waals surface area contributed by atoms with Gasteiger partial charge in [-0.2, -0.15) is 0 Å². The van der Waals surface area contributed by atoms with Crippen LogP contribution in [0.25, 0.3) is 4.85 Å². The number of halogens is 1. The molecule has 0 bridgehead atoms. The highest BCUT2D eigenvalue weighted by Crippen LogP contribution is 2.48. The molecule has 2 aliphatic heterocycles. The number of rotatable bonds is 7. The molecule has 10 heteroatoms. The van der Waals surface area contributed by atoms with Crippen molar-refractivity contribution in [2.24, 2.45) is 0 Å². The van der Waals surface area contributed by atoms with Gasteiger partial charge in [0.25, 0.3) is 11.7 Å². The Morgan fingerprint density at radius 3 is 2.67 bits per heavy atom. The molecule has 5 rings (SSSR count). The second kappa shape index (κ2) is 10.1. The molecule has 3 aliphatic rings. The van der Waals surface area contributed by atoms with Crippen molar-refractivity contribution in [2.75, 3.05) is 49.3 Å². The molecule has 1 spiro atoms. The number of carbonyl (C=O) groups is 1. The van der Waals surface area contributed by atoms with E-state index in [1.807, 2.05) is 0 Å². The Balaban J connectivity index is 1.32. The zero-order chi connectivity index (χ0) is 25.3. The van der Waals surface area contributed by atoms with Crippen LogP contribution in [-0.4, -0.2) is 65.9 Å². The van der Waals surface area contributed by atoms with E-state index in [1.54, 1.807) is 30.0 Å². The van der Waals surface area contributed by atoms with Crippen molar-refractivity contribution in [3.8, 4) is 5.75 Å². The smallest absolute Gasteiger partial charge is 0.272 e. The minimum Gasteiger partial charge on any atom is -0.490 e. The number of aryl methyl sites for hydroxylation is 1. The molecular formula is C26H28FN5O3S. The number of hydrogen-bond donors (Lipinski definition) is 0. The lowest BCUT2D eigenvalue weighted by Gasteiger charge is -2.43. The van der Waals surface area contributed by atoms with Crippen LogP contribution >= 0.6 is 12.2 Å². The molecule has 1 aliphatic carbocycles. The molecule has 0 radical (unpaired) electrons. The van der Waals surface area contributed by atoms with Crippen LogP contribution in [0, 0.1) is 19.3 Å². The summed E-state index contributed by atoms with van der Waals surface area (Å²) >= 11 is 5.76. The fraction of sp³-hybridized carbons (Fsp3) is 0.462. The van der Waals surface area contributed by atoms with Gasteiger partial charge in [0.1, 0.15) is 11.7 Å². The molecule has 3 heterocycles. The van der Waals surface area contributed by atoms with Crippen LogP contribution in [0.1, 0.15) is 31.2 Å². The molecule has 3 fully saturated rings. The Kier molecular flexibility index (Phi) is 6.88. The average Bonchev–Trinajstić information content (AvgIpc) is 3.10. The summed E-state index contributed by atoms with van der Waals surface area (Å²) < 4.78 is 26.2. The number of carbonyl (C=O) groups excluding carboxylic acids is 1. The summed E-state index contributed by atoms with van der Waals surface area (Å²) in [6, 6.07) is 6.51. The summed E-state index contributed by atoms with van der Waals surface area (Å²) in [6.45, 7) is 13.6. The third-order valence-electron chi connectivity index (χ3n) is 7.15. The van der Waals surface area contributed by atoms with Gasteiger partial charge in [0.15, 0.2) is 16.7 Å². The lowest BCUT2D eigenvalue weighted by atomic mass is 9.75. The molecule has 188 valence electrons. The van der Waals surface area contributed by atoms with Crippen LogP contribution in [0.4, 0.5) is 21.6 Å². The summed E-state index contributed by atoms with van der Waals surface area (Å²) in [4.78, 5) is 26.7. The largest absolute Gasteiger partial charge is 0.490 e. The molecule has 36 heavy (non-hydrogen) atoms.